The number of carbonyl (C=O) groups excluding carboxylic acids is 1. The molecule has 1 aromatic heterocycles. The lowest BCUT2D eigenvalue weighted by molar-refractivity contribution is -0.135. The van der Waals surface area contributed by atoms with E-state index in [-0.39, 0.29) is 30.9 Å². The third-order valence-corrected chi connectivity index (χ3v) is 4.84. The number of ether oxygens (including phenoxy) is 1. The van der Waals surface area contributed by atoms with Crippen LogP contribution in [0.2, 0.25) is 0 Å². The average molecular weight is 359 g/mol. The van der Waals surface area contributed by atoms with E-state index < -0.39 is 0 Å². The summed E-state index contributed by atoms with van der Waals surface area (Å²) >= 11 is 0. The van der Waals surface area contributed by atoms with Crippen LogP contribution in [0.4, 0.5) is 4.39 Å². The van der Waals surface area contributed by atoms with E-state index in [1.165, 1.54) is 12.1 Å². The number of amides is 1. The van der Waals surface area contributed by atoms with Crippen molar-refractivity contribution in [2.45, 2.75) is 50.7 Å². The van der Waals surface area contributed by atoms with Crippen LogP contribution in [-0.4, -0.2) is 40.1 Å². The van der Waals surface area contributed by atoms with Gasteiger partial charge in [-0.25, -0.2) is 4.39 Å². The predicted molar refractivity (Wildman–Crippen MR) is 90.8 cm³/mol. The molecule has 7 heteroatoms. The van der Waals surface area contributed by atoms with Gasteiger partial charge in [-0.15, -0.1) is 0 Å². The number of likely N-dealkylation sites (tertiary alicyclic amines) is 1. The number of hydrogen-bond acceptors (Lipinski definition) is 5. The second-order valence-corrected chi connectivity index (χ2v) is 7.04. The molecule has 1 saturated carbocycles. The minimum Gasteiger partial charge on any atom is -0.367 e. The molecule has 6 nitrogen and oxygen atoms in total. The molecule has 2 aromatic rings. The van der Waals surface area contributed by atoms with E-state index in [0.29, 0.717) is 30.5 Å². The highest BCUT2D eigenvalue weighted by molar-refractivity contribution is 5.78. The van der Waals surface area contributed by atoms with Gasteiger partial charge in [0.05, 0.1) is 12.5 Å². The van der Waals surface area contributed by atoms with Crippen LogP contribution < -0.4 is 0 Å². The van der Waals surface area contributed by atoms with E-state index in [9.17, 15) is 9.18 Å². The van der Waals surface area contributed by atoms with Crippen LogP contribution in [0.3, 0.4) is 0 Å². The quantitative estimate of drug-likeness (QED) is 0.793. The molecular formula is C19H22FN3O3. The number of nitrogens with zero attached hydrogens (tertiary/aromatic N) is 3. The van der Waals surface area contributed by atoms with Crippen LogP contribution >= 0.6 is 0 Å². The van der Waals surface area contributed by atoms with Crippen molar-refractivity contribution in [3.8, 4) is 0 Å². The Morgan fingerprint density at radius 1 is 1.35 bits per heavy atom. The highest BCUT2D eigenvalue weighted by Crippen LogP contribution is 2.38. The summed E-state index contributed by atoms with van der Waals surface area (Å²) in [6, 6.07) is 6.18. The fourth-order valence-corrected chi connectivity index (χ4v) is 3.26. The van der Waals surface area contributed by atoms with Crippen LogP contribution in [0, 0.1) is 5.82 Å². The van der Waals surface area contributed by atoms with Crippen molar-refractivity contribution < 1.29 is 18.4 Å². The Bertz CT molecular complexity index is 775. The van der Waals surface area contributed by atoms with Crippen molar-refractivity contribution in [3.05, 3.63) is 47.4 Å². The minimum absolute atomic E-state index is 0.00212. The van der Waals surface area contributed by atoms with Gasteiger partial charge < -0.3 is 14.2 Å². The molecular weight excluding hydrogens is 337 g/mol. The van der Waals surface area contributed by atoms with Gasteiger partial charge in [-0.3, -0.25) is 4.79 Å². The molecule has 1 amide bonds. The van der Waals surface area contributed by atoms with E-state index in [1.54, 1.807) is 17.0 Å². The second kappa shape index (κ2) is 7.53. The van der Waals surface area contributed by atoms with Crippen LogP contribution in [0.15, 0.2) is 28.8 Å². The van der Waals surface area contributed by atoms with E-state index in [4.69, 9.17) is 9.26 Å². The summed E-state index contributed by atoms with van der Waals surface area (Å²) < 4.78 is 24.4. The molecule has 0 spiro atoms. The number of piperidine rings is 1. The van der Waals surface area contributed by atoms with E-state index in [0.717, 1.165) is 31.5 Å². The summed E-state index contributed by atoms with van der Waals surface area (Å²) in [6.45, 7) is 1.52. The first kappa shape index (κ1) is 17.1. The van der Waals surface area contributed by atoms with Gasteiger partial charge >= 0.3 is 0 Å². The normalized spacial score (nSPS) is 20.3. The smallest absolute Gasteiger partial charge is 0.252 e. The Morgan fingerprint density at radius 3 is 3.04 bits per heavy atom. The molecule has 138 valence electrons. The molecule has 4 rings (SSSR count). The third kappa shape index (κ3) is 4.27. The van der Waals surface area contributed by atoms with Gasteiger partial charge in [0.15, 0.2) is 5.82 Å². The number of hydrogen-bond donors (Lipinski definition) is 0. The van der Waals surface area contributed by atoms with Crippen molar-refractivity contribution >= 4 is 5.91 Å². The molecule has 1 atom stereocenters. The van der Waals surface area contributed by atoms with Gasteiger partial charge in [-0.2, -0.15) is 4.98 Å². The summed E-state index contributed by atoms with van der Waals surface area (Å²) in [5.74, 6) is 1.41. The van der Waals surface area contributed by atoms with Crippen molar-refractivity contribution in [1.29, 1.82) is 0 Å². The van der Waals surface area contributed by atoms with Gasteiger partial charge in [0.2, 0.25) is 5.91 Å². The molecule has 1 aromatic carbocycles. The van der Waals surface area contributed by atoms with Crippen molar-refractivity contribution in [3.63, 3.8) is 0 Å². The zero-order valence-electron chi connectivity index (χ0n) is 14.6. The summed E-state index contributed by atoms with van der Waals surface area (Å²) in [5.41, 5.74) is 0.691. The Morgan fingerprint density at radius 2 is 2.23 bits per heavy atom. The molecule has 1 unspecified atom stereocenters. The SMILES string of the molecule is O=C(Cc1cccc(F)c1)N1CCCC(OCc2nc(C3CC3)no2)C1. The lowest BCUT2D eigenvalue weighted by atomic mass is 10.1. The van der Waals surface area contributed by atoms with Crippen LogP contribution in [0.25, 0.3) is 0 Å². The number of aromatic nitrogens is 2. The number of carbonyl (C=O) groups is 1. The molecule has 0 radical (unpaired) electrons. The molecule has 1 saturated heterocycles. The highest BCUT2D eigenvalue weighted by atomic mass is 19.1. The van der Waals surface area contributed by atoms with E-state index >= 15 is 0 Å². The Balaban J connectivity index is 1.28. The van der Waals surface area contributed by atoms with Gasteiger partial charge in [-0.1, -0.05) is 17.3 Å². The Labute approximate surface area is 151 Å². The standard InChI is InChI=1S/C19H22FN3O3/c20-15-4-1-3-13(9-15)10-18(24)23-8-2-5-16(11-23)25-12-17-21-19(22-26-17)14-6-7-14/h1,3-4,9,14,16H,2,5-8,10-12H2. The van der Waals surface area contributed by atoms with Crippen LogP contribution in [-0.2, 0) is 22.6 Å². The first-order chi connectivity index (χ1) is 12.7. The zero-order chi connectivity index (χ0) is 17.9. The second-order valence-electron chi connectivity index (χ2n) is 7.04. The largest absolute Gasteiger partial charge is 0.367 e. The lowest BCUT2D eigenvalue weighted by Crippen LogP contribution is -2.43. The monoisotopic (exact) mass is 359 g/mol. The Kier molecular flexibility index (Phi) is 4.97. The molecule has 1 aliphatic carbocycles. The lowest BCUT2D eigenvalue weighted by Gasteiger charge is -2.32. The van der Waals surface area contributed by atoms with Gasteiger partial charge in [0.1, 0.15) is 12.4 Å². The maximum absolute atomic E-state index is 13.3. The number of benzene rings is 1. The van der Waals surface area contributed by atoms with Crippen LogP contribution in [0.5, 0.6) is 0 Å². The topological polar surface area (TPSA) is 68.5 Å². The molecule has 0 N–H and O–H groups in total. The number of halogens is 1. The van der Waals surface area contributed by atoms with Crippen LogP contribution in [0.1, 0.15) is 48.9 Å². The van der Waals surface area contributed by atoms with Crippen molar-refractivity contribution in [1.82, 2.24) is 15.0 Å². The fourth-order valence-electron chi connectivity index (χ4n) is 3.26. The van der Waals surface area contributed by atoms with Gasteiger partial charge in [0, 0.05) is 19.0 Å². The third-order valence-electron chi connectivity index (χ3n) is 4.84. The molecule has 1 aliphatic heterocycles. The van der Waals surface area contributed by atoms with Crippen molar-refractivity contribution in [2.24, 2.45) is 0 Å². The average Bonchev–Trinajstić information content (AvgIpc) is 3.39. The fraction of sp³-hybridized carbons (Fsp3) is 0.526. The molecule has 26 heavy (non-hydrogen) atoms. The predicted octanol–water partition coefficient (Wildman–Crippen LogP) is 2.84. The highest BCUT2D eigenvalue weighted by Gasteiger charge is 2.29. The van der Waals surface area contributed by atoms with Crippen molar-refractivity contribution in [2.75, 3.05) is 13.1 Å². The number of rotatable bonds is 6. The summed E-state index contributed by atoms with van der Waals surface area (Å²) in [7, 11) is 0. The Hall–Kier alpha value is -2.28. The van der Waals surface area contributed by atoms with Gasteiger partial charge in [-0.05, 0) is 43.4 Å². The zero-order valence-corrected chi connectivity index (χ0v) is 14.6. The molecule has 2 fully saturated rings. The molecule has 0 bridgehead atoms. The summed E-state index contributed by atoms with van der Waals surface area (Å²) in [4.78, 5) is 18.6. The maximum atomic E-state index is 13.3. The minimum atomic E-state index is -0.319. The first-order valence-corrected chi connectivity index (χ1v) is 9.13. The van der Waals surface area contributed by atoms with E-state index in [1.807, 2.05) is 0 Å². The summed E-state index contributed by atoms with van der Waals surface area (Å²) in [6.07, 6.45) is 4.20. The molecule has 2 heterocycles. The van der Waals surface area contributed by atoms with E-state index in [2.05, 4.69) is 10.1 Å². The maximum Gasteiger partial charge on any atom is 0.252 e. The van der Waals surface area contributed by atoms with Gasteiger partial charge in [0.25, 0.3) is 5.89 Å². The summed E-state index contributed by atoms with van der Waals surface area (Å²) in [5, 5.41) is 3.98. The first-order valence-electron chi connectivity index (χ1n) is 9.13. The molecule has 2 aliphatic rings.